The highest BCUT2D eigenvalue weighted by molar-refractivity contribution is 5.92. The van der Waals surface area contributed by atoms with E-state index in [0.29, 0.717) is 5.82 Å². The molecule has 3 rings (SSSR count). The number of aromatic nitrogens is 6. The van der Waals surface area contributed by atoms with Crippen LogP contribution in [0.5, 0.6) is 0 Å². The molecule has 0 aromatic carbocycles. The van der Waals surface area contributed by atoms with E-state index in [4.69, 9.17) is 5.73 Å². The third kappa shape index (κ3) is 3.42. The second kappa shape index (κ2) is 6.23. The average Bonchev–Trinajstić information content (AvgIpc) is 3.06. The summed E-state index contributed by atoms with van der Waals surface area (Å²) in [6.45, 7) is 3.50. The third-order valence-electron chi connectivity index (χ3n) is 3.43. The van der Waals surface area contributed by atoms with E-state index >= 15 is 0 Å². The summed E-state index contributed by atoms with van der Waals surface area (Å²) < 4.78 is 15.3. The van der Waals surface area contributed by atoms with Crippen LogP contribution in [-0.4, -0.2) is 35.9 Å². The van der Waals surface area contributed by atoms with Gasteiger partial charge in [-0.05, 0) is 26.0 Å². The van der Waals surface area contributed by atoms with Gasteiger partial charge in [-0.25, -0.2) is 14.1 Å². The minimum atomic E-state index is -0.848. The van der Waals surface area contributed by atoms with Crippen molar-refractivity contribution in [1.29, 1.82) is 0 Å². The van der Waals surface area contributed by atoms with Crippen LogP contribution in [-0.2, 0) is 5.54 Å². The minimum Gasteiger partial charge on any atom is -0.366 e. The number of amides is 1. The van der Waals surface area contributed by atoms with Gasteiger partial charge in [0.25, 0.3) is 5.91 Å². The van der Waals surface area contributed by atoms with Gasteiger partial charge in [0, 0.05) is 12.4 Å². The van der Waals surface area contributed by atoms with E-state index in [0.717, 1.165) is 0 Å². The monoisotopic (exact) mass is 342 g/mol. The van der Waals surface area contributed by atoms with Gasteiger partial charge in [-0.1, -0.05) is 0 Å². The van der Waals surface area contributed by atoms with Crippen molar-refractivity contribution in [2.24, 2.45) is 5.73 Å². The van der Waals surface area contributed by atoms with Gasteiger partial charge in [0.15, 0.2) is 5.82 Å². The molecule has 25 heavy (non-hydrogen) atoms. The Kier molecular flexibility index (Phi) is 4.09. The van der Waals surface area contributed by atoms with Crippen molar-refractivity contribution in [2.45, 2.75) is 19.4 Å². The number of anilines is 1. The maximum atomic E-state index is 13.9. The Morgan fingerprint density at radius 1 is 1.28 bits per heavy atom. The SMILES string of the molecule is CC(C)(Nc1ncc(-n2cc(C(N)=O)cn2)nn1)c1ncccc1F. The predicted molar refractivity (Wildman–Crippen MR) is 86.3 cm³/mol. The fourth-order valence-corrected chi connectivity index (χ4v) is 2.19. The van der Waals surface area contributed by atoms with E-state index in [1.807, 2.05) is 0 Å². The van der Waals surface area contributed by atoms with Crippen molar-refractivity contribution < 1.29 is 9.18 Å². The highest BCUT2D eigenvalue weighted by atomic mass is 19.1. The molecule has 0 bridgehead atoms. The number of primary amides is 1. The van der Waals surface area contributed by atoms with Gasteiger partial charge in [0.1, 0.15) is 11.5 Å². The number of hydrogen-bond acceptors (Lipinski definition) is 7. The van der Waals surface area contributed by atoms with Crippen LogP contribution in [0.15, 0.2) is 36.9 Å². The molecule has 3 N–H and O–H groups in total. The van der Waals surface area contributed by atoms with E-state index in [9.17, 15) is 9.18 Å². The number of nitrogens with one attached hydrogen (secondary N) is 1. The summed E-state index contributed by atoms with van der Waals surface area (Å²) >= 11 is 0. The van der Waals surface area contributed by atoms with Gasteiger partial charge in [0.2, 0.25) is 5.95 Å². The molecule has 1 amide bonds. The number of hydrogen-bond donors (Lipinski definition) is 2. The van der Waals surface area contributed by atoms with Crippen LogP contribution in [0.2, 0.25) is 0 Å². The second-order valence-corrected chi connectivity index (χ2v) is 5.76. The molecule has 0 aliphatic heterocycles. The first-order chi connectivity index (χ1) is 11.9. The molecule has 0 saturated carbocycles. The summed E-state index contributed by atoms with van der Waals surface area (Å²) in [6.07, 6.45) is 5.67. The molecule has 9 nitrogen and oxygen atoms in total. The normalized spacial score (nSPS) is 11.3. The molecule has 0 unspecified atom stereocenters. The van der Waals surface area contributed by atoms with Gasteiger partial charge in [-0.3, -0.25) is 9.78 Å². The van der Waals surface area contributed by atoms with E-state index in [-0.39, 0.29) is 17.2 Å². The zero-order valence-electron chi connectivity index (χ0n) is 13.5. The summed E-state index contributed by atoms with van der Waals surface area (Å²) in [6, 6.07) is 2.86. The summed E-state index contributed by atoms with van der Waals surface area (Å²) in [5, 5.41) is 14.9. The minimum absolute atomic E-state index is 0.195. The van der Waals surface area contributed by atoms with Crippen molar-refractivity contribution in [3.63, 3.8) is 0 Å². The van der Waals surface area contributed by atoms with Crippen LogP contribution in [0.25, 0.3) is 5.82 Å². The fourth-order valence-electron chi connectivity index (χ4n) is 2.19. The molecule has 0 aliphatic rings. The first-order valence-corrected chi connectivity index (χ1v) is 7.30. The van der Waals surface area contributed by atoms with Crippen molar-refractivity contribution in [3.8, 4) is 5.82 Å². The second-order valence-electron chi connectivity index (χ2n) is 5.76. The molecule has 0 aliphatic carbocycles. The van der Waals surface area contributed by atoms with Crippen LogP contribution < -0.4 is 11.1 Å². The first kappa shape index (κ1) is 16.4. The van der Waals surface area contributed by atoms with Crippen molar-refractivity contribution >= 4 is 11.9 Å². The van der Waals surface area contributed by atoms with Gasteiger partial charge < -0.3 is 11.1 Å². The number of carbonyl (C=O) groups is 1. The maximum absolute atomic E-state index is 13.9. The molecule has 3 aromatic rings. The Balaban J connectivity index is 1.80. The lowest BCUT2D eigenvalue weighted by Gasteiger charge is -2.25. The largest absolute Gasteiger partial charge is 0.366 e. The Bertz CT molecular complexity index is 906. The lowest BCUT2D eigenvalue weighted by atomic mass is 10.00. The Hall–Kier alpha value is -3.43. The summed E-state index contributed by atoms with van der Waals surface area (Å²) in [5.41, 5.74) is 4.81. The highest BCUT2D eigenvalue weighted by Gasteiger charge is 2.26. The number of nitrogens with zero attached hydrogens (tertiary/aromatic N) is 6. The summed E-state index contributed by atoms with van der Waals surface area (Å²) in [7, 11) is 0. The van der Waals surface area contributed by atoms with Crippen molar-refractivity contribution in [1.82, 2.24) is 29.9 Å². The van der Waals surface area contributed by atoms with Gasteiger partial charge in [0.05, 0.1) is 23.5 Å². The molecular formula is C15H15FN8O. The molecule has 0 fully saturated rings. The molecular weight excluding hydrogens is 327 g/mol. The topological polar surface area (TPSA) is 124 Å². The smallest absolute Gasteiger partial charge is 0.251 e. The maximum Gasteiger partial charge on any atom is 0.251 e. The molecule has 0 spiro atoms. The summed E-state index contributed by atoms with van der Waals surface area (Å²) in [5.74, 6) is -0.523. The van der Waals surface area contributed by atoms with Gasteiger partial charge in [-0.2, -0.15) is 5.10 Å². The Morgan fingerprint density at radius 3 is 2.68 bits per heavy atom. The van der Waals surface area contributed by atoms with Gasteiger partial charge >= 0.3 is 0 Å². The molecule has 128 valence electrons. The molecule has 3 aromatic heterocycles. The third-order valence-corrected chi connectivity index (χ3v) is 3.43. The zero-order chi connectivity index (χ0) is 18.0. The predicted octanol–water partition coefficient (Wildman–Crippen LogP) is 1.04. The number of carbonyl (C=O) groups excluding carboxylic acids is 1. The lowest BCUT2D eigenvalue weighted by Crippen LogP contribution is -2.31. The molecule has 0 saturated heterocycles. The average molecular weight is 342 g/mol. The number of rotatable bonds is 5. The van der Waals surface area contributed by atoms with Crippen molar-refractivity contribution in [3.05, 3.63) is 54.0 Å². The number of pyridine rings is 1. The van der Waals surface area contributed by atoms with Crippen LogP contribution in [0, 0.1) is 5.82 Å². The zero-order valence-corrected chi connectivity index (χ0v) is 13.5. The van der Waals surface area contributed by atoms with Crippen LogP contribution in [0.1, 0.15) is 29.9 Å². The lowest BCUT2D eigenvalue weighted by molar-refractivity contribution is 0.100. The molecule has 3 heterocycles. The van der Waals surface area contributed by atoms with Crippen LogP contribution >= 0.6 is 0 Å². The highest BCUT2D eigenvalue weighted by Crippen LogP contribution is 2.24. The van der Waals surface area contributed by atoms with Crippen molar-refractivity contribution in [2.75, 3.05) is 5.32 Å². The van der Waals surface area contributed by atoms with E-state index < -0.39 is 17.3 Å². The van der Waals surface area contributed by atoms with E-state index in [2.05, 4.69) is 30.6 Å². The van der Waals surface area contributed by atoms with E-state index in [1.165, 1.54) is 41.6 Å². The van der Waals surface area contributed by atoms with Gasteiger partial charge in [-0.15, -0.1) is 10.2 Å². The Labute approximate surface area is 142 Å². The van der Waals surface area contributed by atoms with Crippen LogP contribution in [0.4, 0.5) is 10.3 Å². The van der Waals surface area contributed by atoms with Crippen LogP contribution in [0.3, 0.4) is 0 Å². The summed E-state index contributed by atoms with van der Waals surface area (Å²) in [4.78, 5) is 19.3. The Morgan fingerprint density at radius 2 is 2.08 bits per heavy atom. The standard InChI is InChI=1S/C15H15FN8O/c1-15(2,12-10(16)4-3-5-18-12)21-14-19-7-11(22-23-14)24-8-9(6-20-24)13(17)25/h3-8H,1-2H3,(H2,17,25)(H,19,21,23). The quantitative estimate of drug-likeness (QED) is 0.709. The van der Waals surface area contributed by atoms with E-state index in [1.54, 1.807) is 13.8 Å². The fraction of sp³-hybridized carbons (Fsp3) is 0.200. The first-order valence-electron chi connectivity index (χ1n) is 7.30. The number of halogens is 1. The number of nitrogens with two attached hydrogens (primary N) is 1. The molecule has 0 atom stereocenters. The molecule has 0 radical (unpaired) electrons. The molecule has 10 heteroatoms.